The fraction of sp³-hybridized carbons (Fsp3) is 0.429. The van der Waals surface area contributed by atoms with Crippen LogP contribution in [0.2, 0.25) is 5.02 Å². The summed E-state index contributed by atoms with van der Waals surface area (Å²) in [4.78, 5) is 14.5. The quantitative estimate of drug-likeness (QED) is 0.583. The zero-order valence-electron chi connectivity index (χ0n) is 17.1. The second-order valence-electron chi connectivity index (χ2n) is 6.80. The number of carbonyl (C=O) groups is 1. The van der Waals surface area contributed by atoms with Crippen LogP contribution in [0.3, 0.4) is 0 Å². The van der Waals surface area contributed by atoms with Crippen LogP contribution in [0.1, 0.15) is 38.3 Å². The molecule has 152 valence electrons. The Morgan fingerprint density at radius 1 is 1.39 bits per heavy atom. The van der Waals surface area contributed by atoms with E-state index in [1.54, 1.807) is 41.1 Å². The third-order valence-electron chi connectivity index (χ3n) is 4.14. The Balaban J connectivity index is 2.17. The molecule has 1 aromatic heterocycles. The van der Waals surface area contributed by atoms with Gasteiger partial charge >= 0.3 is 0 Å². The Morgan fingerprint density at radius 3 is 2.71 bits per heavy atom. The van der Waals surface area contributed by atoms with Crippen molar-refractivity contribution >= 4 is 23.6 Å². The molecule has 0 atom stereocenters. The summed E-state index contributed by atoms with van der Waals surface area (Å²) in [6, 6.07) is 3.63. The molecule has 0 saturated heterocycles. The highest BCUT2D eigenvalue weighted by atomic mass is 35.5. The number of hydrogen-bond acceptors (Lipinski definition) is 4. The molecule has 28 heavy (non-hydrogen) atoms. The average molecular weight is 406 g/mol. The predicted molar refractivity (Wildman–Crippen MR) is 112 cm³/mol. The van der Waals surface area contributed by atoms with E-state index >= 15 is 0 Å². The molecular formula is C21H28ClN3O3. The first-order valence-corrected chi connectivity index (χ1v) is 9.70. The van der Waals surface area contributed by atoms with Gasteiger partial charge in [0.15, 0.2) is 11.5 Å². The Hall–Kier alpha value is -2.47. The van der Waals surface area contributed by atoms with Gasteiger partial charge in [-0.15, -0.1) is 0 Å². The van der Waals surface area contributed by atoms with E-state index in [1.807, 2.05) is 40.1 Å². The number of benzene rings is 1. The van der Waals surface area contributed by atoms with Gasteiger partial charge in [-0.05, 0) is 44.0 Å². The summed E-state index contributed by atoms with van der Waals surface area (Å²) in [7, 11) is 3.42. The molecule has 0 spiro atoms. The van der Waals surface area contributed by atoms with E-state index < -0.39 is 0 Å². The van der Waals surface area contributed by atoms with Crippen LogP contribution in [0.15, 0.2) is 30.6 Å². The van der Waals surface area contributed by atoms with Gasteiger partial charge in [-0.2, -0.15) is 5.10 Å². The monoisotopic (exact) mass is 405 g/mol. The van der Waals surface area contributed by atoms with Gasteiger partial charge in [0.1, 0.15) is 0 Å². The normalized spacial score (nSPS) is 11.2. The second kappa shape index (κ2) is 10.2. The standard InChI is InChI=1S/C21H28ClN3O3/c1-6-9-28-21-18(22)10-16(11-19(21)27-5)7-8-20(26)25(15(2)3)14-17-12-23-24(4)13-17/h7-8,10-13,15H,6,9,14H2,1-5H3/b8-7+. The second-order valence-corrected chi connectivity index (χ2v) is 7.21. The number of nitrogens with zero attached hydrogens (tertiary/aromatic N) is 3. The van der Waals surface area contributed by atoms with Crippen molar-refractivity contribution in [3.05, 3.63) is 46.8 Å². The fourth-order valence-electron chi connectivity index (χ4n) is 2.71. The lowest BCUT2D eigenvalue weighted by Gasteiger charge is -2.25. The highest BCUT2D eigenvalue weighted by molar-refractivity contribution is 6.32. The molecule has 0 aliphatic rings. The van der Waals surface area contributed by atoms with Crippen molar-refractivity contribution in [1.29, 1.82) is 0 Å². The van der Waals surface area contributed by atoms with E-state index in [9.17, 15) is 4.79 Å². The Bertz CT molecular complexity index is 830. The van der Waals surface area contributed by atoms with Gasteiger partial charge in [-0.25, -0.2) is 0 Å². The molecule has 2 aromatic rings. The van der Waals surface area contributed by atoms with Crippen molar-refractivity contribution in [2.24, 2.45) is 7.05 Å². The lowest BCUT2D eigenvalue weighted by Crippen LogP contribution is -2.35. The number of aryl methyl sites for hydroxylation is 1. The van der Waals surface area contributed by atoms with Gasteiger partial charge in [0.2, 0.25) is 5.91 Å². The molecule has 0 aliphatic heterocycles. The number of hydrogen-bond donors (Lipinski definition) is 0. The third-order valence-corrected chi connectivity index (χ3v) is 4.42. The number of carbonyl (C=O) groups excluding carboxylic acids is 1. The van der Waals surface area contributed by atoms with Gasteiger partial charge in [-0.3, -0.25) is 9.48 Å². The molecule has 0 fully saturated rings. The van der Waals surface area contributed by atoms with Gasteiger partial charge in [-0.1, -0.05) is 18.5 Å². The van der Waals surface area contributed by atoms with Gasteiger partial charge in [0.25, 0.3) is 0 Å². The topological polar surface area (TPSA) is 56.6 Å². The number of amides is 1. The SMILES string of the molecule is CCCOc1c(Cl)cc(/C=C/C(=O)N(Cc2cnn(C)c2)C(C)C)cc1OC. The Labute approximate surface area is 171 Å². The van der Waals surface area contributed by atoms with Crippen LogP contribution in [0, 0.1) is 0 Å². The maximum atomic E-state index is 12.7. The minimum Gasteiger partial charge on any atom is -0.493 e. The summed E-state index contributed by atoms with van der Waals surface area (Å²) < 4.78 is 12.8. The van der Waals surface area contributed by atoms with Gasteiger partial charge < -0.3 is 14.4 Å². The maximum absolute atomic E-state index is 12.7. The van der Waals surface area contributed by atoms with E-state index in [0.717, 1.165) is 17.5 Å². The molecule has 1 amide bonds. The van der Waals surface area contributed by atoms with E-state index in [0.29, 0.717) is 29.7 Å². The molecule has 0 bridgehead atoms. The van der Waals surface area contributed by atoms with Crippen LogP contribution in [0.5, 0.6) is 11.5 Å². The average Bonchev–Trinajstić information content (AvgIpc) is 3.07. The Morgan fingerprint density at radius 2 is 2.14 bits per heavy atom. The largest absolute Gasteiger partial charge is 0.493 e. The maximum Gasteiger partial charge on any atom is 0.247 e. The molecule has 1 heterocycles. The van der Waals surface area contributed by atoms with Crippen LogP contribution >= 0.6 is 11.6 Å². The number of aromatic nitrogens is 2. The molecule has 6 nitrogen and oxygen atoms in total. The van der Waals surface area contributed by atoms with Crippen LogP contribution in [0.25, 0.3) is 6.08 Å². The van der Waals surface area contributed by atoms with E-state index in [4.69, 9.17) is 21.1 Å². The summed E-state index contributed by atoms with van der Waals surface area (Å²) in [6.45, 7) is 7.06. The molecule has 0 unspecified atom stereocenters. The Kier molecular flexibility index (Phi) is 7.93. The zero-order chi connectivity index (χ0) is 20.7. The van der Waals surface area contributed by atoms with E-state index in [-0.39, 0.29) is 11.9 Å². The smallest absolute Gasteiger partial charge is 0.247 e. The first-order chi connectivity index (χ1) is 13.3. The van der Waals surface area contributed by atoms with Gasteiger partial charge in [0.05, 0.1) is 24.9 Å². The highest BCUT2D eigenvalue weighted by Crippen LogP contribution is 2.36. The van der Waals surface area contributed by atoms with Crippen molar-refractivity contribution in [3.8, 4) is 11.5 Å². The number of ether oxygens (including phenoxy) is 2. The number of methoxy groups -OCH3 is 1. The first-order valence-electron chi connectivity index (χ1n) is 9.32. The summed E-state index contributed by atoms with van der Waals surface area (Å²) >= 11 is 6.34. The minimum atomic E-state index is -0.0831. The van der Waals surface area contributed by atoms with Crippen LogP contribution in [0.4, 0.5) is 0 Å². The zero-order valence-corrected chi connectivity index (χ0v) is 17.9. The number of rotatable bonds is 9. The summed E-state index contributed by atoms with van der Waals surface area (Å²) in [6.07, 6.45) is 7.84. The van der Waals surface area contributed by atoms with Crippen LogP contribution in [-0.2, 0) is 18.4 Å². The van der Waals surface area contributed by atoms with Gasteiger partial charge in [0, 0.05) is 37.5 Å². The molecule has 7 heteroatoms. The van der Waals surface area contributed by atoms with Crippen molar-refractivity contribution < 1.29 is 14.3 Å². The first kappa shape index (κ1) is 21.8. The number of halogens is 1. The third kappa shape index (κ3) is 5.76. The van der Waals surface area contributed by atoms with Crippen LogP contribution in [-0.4, -0.2) is 40.3 Å². The molecule has 0 aliphatic carbocycles. The molecule has 0 saturated carbocycles. The van der Waals surface area contributed by atoms with Crippen LogP contribution < -0.4 is 9.47 Å². The van der Waals surface area contributed by atoms with E-state index in [2.05, 4.69) is 5.10 Å². The molecule has 2 rings (SSSR count). The van der Waals surface area contributed by atoms with Crippen molar-refractivity contribution in [2.75, 3.05) is 13.7 Å². The lowest BCUT2D eigenvalue weighted by atomic mass is 10.1. The summed E-state index contributed by atoms with van der Waals surface area (Å²) in [5, 5.41) is 4.62. The highest BCUT2D eigenvalue weighted by Gasteiger charge is 2.16. The van der Waals surface area contributed by atoms with Crippen molar-refractivity contribution in [3.63, 3.8) is 0 Å². The summed E-state index contributed by atoms with van der Waals surface area (Å²) in [5.74, 6) is 0.985. The van der Waals surface area contributed by atoms with Crippen molar-refractivity contribution in [1.82, 2.24) is 14.7 Å². The minimum absolute atomic E-state index is 0.0558. The lowest BCUT2D eigenvalue weighted by molar-refractivity contribution is -0.128. The fourth-order valence-corrected chi connectivity index (χ4v) is 2.98. The molecule has 1 aromatic carbocycles. The van der Waals surface area contributed by atoms with Crippen molar-refractivity contribution in [2.45, 2.75) is 39.8 Å². The molecule has 0 N–H and O–H groups in total. The predicted octanol–water partition coefficient (Wildman–Crippen LogP) is 4.32. The molecule has 0 radical (unpaired) electrons. The molecular weight excluding hydrogens is 378 g/mol. The van der Waals surface area contributed by atoms with E-state index in [1.165, 1.54) is 0 Å². The summed E-state index contributed by atoms with van der Waals surface area (Å²) in [5.41, 5.74) is 1.75.